The molecule has 0 atom stereocenters. The third kappa shape index (κ3) is 6.09. The second-order valence-corrected chi connectivity index (χ2v) is 9.62. The van der Waals surface area contributed by atoms with Crippen molar-refractivity contribution in [1.82, 2.24) is 0 Å². The Balaban J connectivity index is 1.96. The van der Waals surface area contributed by atoms with Crippen LogP contribution in [0.3, 0.4) is 0 Å². The number of carbonyl (C=O) groups excluding carboxylic acids is 1. The van der Waals surface area contributed by atoms with Crippen LogP contribution in [0.4, 0.5) is 11.4 Å². The molecule has 0 fully saturated rings. The van der Waals surface area contributed by atoms with Crippen molar-refractivity contribution in [2.24, 2.45) is 0 Å². The van der Waals surface area contributed by atoms with Crippen molar-refractivity contribution < 1.29 is 22.7 Å². The maximum Gasteiger partial charge on any atom is 0.264 e. The smallest absolute Gasteiger partial charge is 0.264 e. The van der Waals surface area contributed by atoms with Gasteiger partial charge in [0.15, 0.2) is 0 Å². The SMILES string of the molecule is C=CCOc1cccc(NC(=O)CN(c2cc(Cl)ccc2OC)S(=O)(=O)c2ccc(C)cc2)c1. The first-order valence-corrected chi connectivity index (χ1v) is 12.1. The van der Waals surface area contributed by atoms with Crippen LogP contribution in [0.1, 0.15) is 5.56 Å². The van der Waals surface area contributed by atoms with Gasteiger partial charge in [0.25, 0.3) is 10.0 Å². The molecule has 1 N–H and O–H groups in total. The molecule has 3 aromatic rings. The van der Waals surface area contributed by atoms with Gasteiger partial charge in [0.2, 0.25) is 5.91 Å². The summed E-state index contributed by atoms with van der Waals surface area (Å²) >= 11 is 6.16. The fourth-order valence-electron chi connectivity index (χ4n) is 3.14. The summed E-state index contributed by atoms with van der Waals surface area (Å²) in [7, 11) is -2.71. The van der Waals surface area contributed by atoms with Crippen LogP contribution in [0.15, 0.2) is 84.3 Å². The lowest BCUT2D eigenvalue weighted by atomic mass is 10.2. The van der Waals surface area contributed by atoms with Gasteiger partial charge in [-0.3, -0.25) is 9.10 Å². The lowest BCUT2D eigenvalue weighted by Gasteiger charge is -2.26. The Morgan fingerprint density at radius 1 is 1.12 bits per heavy atom. The number of benzene rings is 3. The van der Waals surface area contributed by atoms with Gasteiger partial charge < -0.3 is 14.8 Å². The number of carbonyl (C=O) groups is 1. The summed E-state index contributed by atoms with van der Waals surface area (Å²) in [6.07, 6.45) is 1.61. The number of ether oxygens (including phenoxy) is 2. The van der Waals surface area contributed by atoms with Crippen molar-refractivity contribution >= 4 is 38.9 Å². The molecule has 0 bridgehead atoms. The van der Waals surface area contributed by atoms with E-state index in [0.717, 1.165) is 9.87 Å². The summed E-state index contributed by atoms with van der Waals surface area (Å²) in [6, 6.07) is 17.7. The van der Waals surface area contributed by atoms with Gasteiger partial charge in [-0.1, -0.05) is 48.0 Å². The predicted molar refractivity (Wildman–Crippen MR) is 134 cm³/mol. The monoisotopic (exact) mass is 500 g/mol. The lowest BCUT2D eigenvalue weighted by Crippen LogP contribution is -2.38. The molecule has 3 aromatic carbocycles. The van der Waals surface area contributed by atoms with E-state index in [1.54, 1.807) is 54.6 Å². The van der Waals surface area contributed by atoms with Gasteiger partial charge in [0, 0.05) is 16.8 Å². The quantitative estimate of drug-likeness (QED) is 0.393. The van der Waals surface area contributed by atoms with E-state index >= 15 is 0 Å². The maximum absolute atomic E-state index is 13.6. The highest BCUT2D eigenvalue weighted by atomic mass is 35.5. The number of sulfonamides is 1. The van der Waals surface area contributed by atoms with Crippen LogP contribution in [0, 0.1) is 6.92 Å². The standard InChI is InChI=1S/C25H25ClN2O5S/c1-4-14-33-21-7-5-6-20(16-21)27-25(29)17-28(23-15-19(26)10-13-24(23)32-3)34(30,31)22-11-8-18(2)9-12-22/h4-13,15-16H,1,14,17H2,2-3H3,(H,27,29). The Morgan fingerprint density at radius 2 is 1.85 bits per heavy atom. The van der Waals surface area contributed by atoms with Gasteiger partial charge in [-0.2, -0.15) is 0 Å². The number of rotatable bonds is 10. The summed E-state index contributed by atoms with van der Waals surface area (Å²) in [5.41, 5.74) is 1.51. The van der Waals surface area contributed by atoms with Crippen LogP contribution in [-0.2, 0) is 14.8 Å². The third-order valence-electron chi connectivity index (χ3n) is 4.79. The lowest BCUT2D eigenvalue weighted by molar-refractivity contribution is -0.114. The molecule has 0 aliphatic rings. The number of hydrogen-bond acceptors (Lipinski definition) is 5. The number of methoxy groups -OCH3 is 1. The van der Waals surface area contributed by atoms with Crippen LogP contribution in [0.25, 0.3) is 0 Å². The molecule has 1 amide bonds. The molecule has 0 saturated heterocycles. The molecule has 0 aromatic heterocycles. The van der Waals surface area contributed by atoms with E-state index < -0.39 is 22.5 Å². The first kappa shape index (κ1) is 25.1. The first-order chi connectivity index (χ1) is 16.2. The molecule has 0 radical (unpaired) electrons. The summed E-state index contributed by atoms with van der Waals surface area (Å²) in [4.78, 5) is 13.0. The predicted octanol–water partition coefficient (Wildman–Crippen LogP) is 5.06. The zero-order chi connectivity index (χ0) is 24.7. The topological polar surface area (TPSA) is 84.9 Å². The highest BCUT2D eigenvalue weighted by Crippen LogP contribution is 2.35. The molecule has 9 heteroatoms. The Hall–Kier alpha value is -3.49. The third-order valence-corrected chi connectivity index (χ3v) is 6.80. The fraction of sp³-hybridized carbons (Fsp3) is 0.160. The van der Waals surface area contributed by atoms with Crippen molar-refractivity contribution in [3.63, 3.8) is 0 Å². The molecule has 7 nitrogen and oxygen atoms in total. The van der Waals surface area contributed by atoms with E-state index in [0.29, 0.717) is 23.1 Å². The average molecular weight is 501 g/mol. The van der Waals surface area contributed by atoms with Gasteiger partial charge >= 0.3 is 0 Å². The Morgan fingerprint density at radius 3 is 2.53 bits per heavy atom. The maximum atomic E-state index is 13.6. The molecule has 34 heavy (non-hydrogen) atoms. The van der Waals surface area contributed by atoms with Crippen molar-refractivity contribution in [3.8, 4) is 11.5 Å². The second-order valence-electron chi connectivity index (χ2n) is 7.32. The molecule has 0 aliphatic carbocycles. The van der Waals surface area contributed by atoms with Crippen molar-refractivity contribution in [3.05, 3.63) is 90.0 Å². The first-order valence-electron chi connectivity index (χ1n) is 10.3. The van der Waals surface area contributed by atoms with E-state index in [2.05, 4.69) is 11.9 Å². The summed E-state index contributed by atoms with van der Waals surface area (Å²) in [6.45, 7) is 5.26. The normalized spacial score (nSPS) is 10.9. The Bertz CT molecular complexity index is 1280. The average Bonchev–Trinajstić information content (AvgIpc) is 2.81. The summed E-state index contributed by atoms with van der Waals surface area (Å²) in [5, 5.41) is 3.02. The summed E-state index contributed by atoms with van der Waals surface area (Å²) < 4.78 is 39.0. The van der Waals surface area contributed by atoms with Crippen molar-refractivity contribution in [2.45, 2.75) is 11.8 Å². The van der Waals surface area contributed by atoms with Crippen molar-refractivity contribution in [2.75, 3.05) is 29.9 Å². The highest BCUT2D eigenvalue weighted by molar-refractivity contribution is 7.92. The van der Waals surface area contributed by atoms with Gasteiger partial charge in [-0.25, -0.2) is 8.42 Å². The molecule has 0 unspecified atom stereocenters. The molecule has 178 valence electrons. The minimum atomic E-state index is -4.13. The number of nitrogens with zero attached hydrogens (tertiary/aromatic N) is 1. The Kier molecular flexibility index (Phi) is 8.20. The number of aryl methyl sites for hydroxylation is 1. The molecule has 0 heterocycles. The molecule has 3 rings (SSSR count). The summed E-state index contributed by atoms with van der Waals surface area (Å²) in [5.74, 6) is 0.240. The van der Waals surface area contributed by atoms with Gasteiger partial charge in [-0.15, -0.1) is 0 Å². The van der Waals surface area contributed by atoms with Crippen LogP contribution >= 0.6 is 11.6 Å². The second kappa shape index (κ2) is 11.1. The zero-order valence-electron chi connectivity index (χ0n) is 18.8. The molecule has 0 aliphatic heterocycles. The van der Waals surface area contributed by atoms with Crippen LogP contribution in [0.5, 0.6) is 11.5 Å². The number of amides is 1. The fourth-order valence-corrected chi connectivity index (χ4v) is 4.73. The van der Waals surface area contributed by atoms with Gasteiger partial charge in [0.05, 0.1) is 17.7 Å². The van der Waals surface area contributed by atoms with Gasteiger partial charge in [0.1, 0.15) is 24.7 Å². The van der Waals surface area contributed by atoms with E-state index in [9.17, 15) is 13.2 Å². The van der Waals surface area contributed by atoms with Crippen LogP contribution in [-0.4, -0.2) is 34.6 Å². The van der Waals surface area contributed by atoms with E-state index in [1.165, 1.54) is 25.3 Å². The molecular formula is C25H25ClN2O5S. The van der Waals surface area contributed by atoms with E-state index in [1.807, 2.05) is 6.92 Å². The Labute approximate surface area is 204 Å². The zero-order valence-corrected chi connectivity index (χ0v) is 20.4. The molecular weight excluding hydrogens is 476 g/mol. The van der Waals surface area contributed by atoms with Gasteiger partial charge in [-0.05, 0) is 49.4 Å². The largest absolute Gasteiger partial charge is 0.495 e. The number of hydrogen-bond donors (Lipinski definition) is 1. The number of anilines is 2. The molecule has 0 saturated carbocycles. The number of halogens is 1. The van der Waals surface area contributed by atoms with Crippen LogP contribution in [0.2, 0.25) is 5.02 Å². The van der Waals surface area contributed by atoms with Crippen LogP contribution < -0.4 is 19.1 Å². The highest BCUT2D eigenvalue weighted by Gasteiger charge is 2.29. The number of nitrogens with one attached hydrogen (secondary N) is 1. The van der Waals surface area contributed by atoms with Crippen molar-refractivity contribution in [1.29, 1.82) is 0 Å². The minimum absolute atomic E-state index is 0.0350. The van der Waals surface area contributed by atoms with E-state index in [-0.39, 0.29) is 16.3 Å². The minimum Gasteiger partial charge on any atom is -0.495 e. The van der Waals surface area contributed by atoms with E-state index in [4.69, 9.17) is 21.1 Å². The molecule has 0 spiro atoms.